The second-order valence-electron chi connectivity index (χ2n) is 6.99. The summed E-state index contributed by atoms with van der Waals surface area (Å²) in [6, 6.07) is 5.33. The molecule has 1 aromatic rings. The molecule has 1 unspecified atom stereocenters. The van der Waals surface area contributed by atoms with E-state index in [1.165, 1.54) is 0 Å². The van der Waals surface area contributed by atoms with E-state index in [0.29, 0.717) is 69.5 Å². The summed E-state index contributed by atoms with van der Waals surface area (Å²) in [6.45, 7) is 8.09. The molecule has 0 aliphatic heterocycles. The molecule has 1 rings (SSSR count). The van der Waals surface area contributed by atoms with Crippen LogP contribution in [0.3, 0.4) is 0 Å². The first kappa shape index (κ1) is 26.0. The van der Waals surface area contributed by atoms with Crippen molar-refractivity contribution in [3.05, 3.63) is 29.3 Å². The molecule has 3 N–H and O–H groups in total. The number of anilines is 1. The van der Waals surface area contributed by atoms with Gasteiger partial charge >= 0.3 is 0 Å². The third-order valence-electron chi connectivity index (χ3n) is 4.69. The quantitative estimate of drug-likeness (QED) is 0.292. The van der Waals surface area contributed by atoms with Crippen molar-refractivity contribution in [2.24, 2.45) is 5.73 Å². The molecule has 170 valence electrons. The van der Waals surface area contributed by atoms with Crippen molar-refractivity contribution in [3.8, 4) is 0 Å². The summed E-state index contributed by atoms with van der Waals surface area (Å²) in [7, 11) is 1.78. The maximum absolute atomic E-state index is 13.0. The Morgan fingerprint density at radius 1 is 1.13 bits per heavy atom. The van der Waals surface area contributed by atoms with Gasteiger partial charge in [0.05, 0.1) is 45.2 Å². The molecule has 0 aliphatic rings. The number of carbonyl (C=O) groups is 2. The van der Waals surface area contributed by atoms with Gasteiger partial charge in [-0.3, -0.25) is 9.59 Å². The first-order chi connectivity index (χ1) is 14.6. The minimum atomic E-state index is -0.160. The Morgan fingerprint density at radius 2 is 1.77 bits per heavy atom. The van der Waals surface area contributed by atoms with Crippen LogP contribution in [0.1, 0.15) is 47.4 Å². The molecule has 0 fully saturated rings. The highest BCUT2D eigenvalue weighted by Gasteiger charge is 2.22. The van der Waals surface area contributed by atoms with Crippen molar-refractivity contribution < 1.29 is 23.8 Å². The fourth-order valence-corrected chi connectivity index (χ4v) is 2.93. The molecule has 0 aliphatic carbocycles. The zero-order valence-electron chi connectivity index (χ0n) is 18.5. The molecular formula is C22H37N3O5. The van der Waals surface area contributed by atoms with Crippen LogP contribution in [0.15, 0.2) is 18.2 Å². The monoisotopic (exact) mass is 423 g/mol. The molecule has 0 spiro atoms. The Balaban J connectivity index is 2.49. The first-order valence-electron chi connectivity index (χ1n) is 10.6. The highest BCUT2D eigenvalue weighted by Crippen LogP contribution is 2.22. The van der Waals surface area contributed by atoms with E-state index < -0.39 is 0 Å². The number of nitrogens with two attached hydrogens (primary N) is 1. The van der Waals surface area contributed by atoms with E-state index in [1.54, 1.807) is 24.1 Å². The van der Waals surface area contributed by atoms with Crippen molar-refractivity contribution in [2.45, 2.75) is 32.7 Å². The summed E-state index contributed by atoms with van der Waals surface area (Å²) in [6.07, 6.45) is 2.62. The van der Waals surface area contributed by atoms with Crippen LogP contribution in [0.2, 0.25) is 0 Å². The van der Waals surface area contributed by atoms with Crippen molar-refractivity contribution in [2.75, 3.05) is 65.1 Å². The summed E-state index contributed by atoms with van der Waals surface area (Å²) < 4.78 is 16.2. The molecule has 0 saturated carbocycles. The van der Waals surface area contributed by atoms with Gasteiger partial charge in [0.25, 0.3) is 5.91 Å². The Hall–Kier alpha value is -2.00. The Kier molecular flexibility index (Phi) is 13.7. The third-order valence-corrected chi connectivity index (χ3v) is 4.69. The molecule has 1 atom stereocenters. The molecule has 1 amide bonds. The van der Waals surface area contributed by atoms with Crippen molar-refractivity contribution >= 4 is 17.9 Å². The van der Waals surface area contributed by atoms with Gasteiger partial charge < -0.3 is 30.2 Å². The number of hydrogen-bond acceptors (Lipinski definition) is 7. The lowest BCUT2D eigenvalue weighted by Crippen LogP contribution is -2.36. The topological polar surface area (TPSA) is 103 Å². The van der Waals surface area contributed by atoms with Gasteiger partial charge in [-0.2, -0.15) is 0 Å². The van der Waals surface area contributed by atoms with Crippen LogP contribution in [-0.2, 0) is 14.2 Å². The van der Waals surface area contributed by atoms with E-state index in [4.69, 9.17) is 19.9 Å². The summed E-state index contributed by atoms with van der Waals surface area (Å²) in [4.78, 5) is 26.2. The minimum Gasteiger partial charge on any atom is -0.382 e. The van der Waals surface area contributed by atoms with Gasteiger partial charge in [-0.1, -0.05) is 25.5 Å². The minimum absolute atomic E-state index is 0.0964. The standard InChI is InChI=1S/C22H37N3O5/c1-4-6-18(2)25(3)22(27)21-19(17-26)7-5-8-20(21)24-10-12-29-14-16-30-15-13-28-11-9-23/h5,7-8,17-18,24H,4,6,9-16,23H2,1-3H3. The molecule has 0 bridgehead atoms. The molecule has 8 nitrogen and oxygen atoms in total. The molecule has 30 heavy (non-hydrogen) atoms. The molecule has 0 saturated heterocycles. The predicted molar refractivity (Wildman–Crippen MR) is 118 cm³/mol. The predicted octanol–water partition coefficient (Wildman–Crippen LogP) is 2.18. The van der Waals surface area contributed by atoms with E-state index in [9.17, 15) is 9.59 Å². The summed E-state index contributed by atoms with van der Waals surface area (Å²) in [5.41, 5.74) is 6.75. The molecule has 1 aromatic carbocycles. The average molecular weight is 424 g/mol. The lowest BCUT2D eigenvalue weighted by Gasteiger charge is -2.26. The van der Waals surface area contributed by atoms with E-state index in [2.05, 4.69) is 12.2 Å². The average Bonchev–Trinajstić information content (AvgIpc) is 2.76. The second-order valence-corrected chi connectivity index (χ2v) is 6.99. The van der Waals surface area contributed by atoms with Crippen molar-refractivity contribution in [1.29, 1.82) is 0 Å². The van der Waals surface area contributed by atoms with Gasteiger partial charge in [-0.25, -0.2) is 0 Å². The zero-order valence-corrected chi connectivity index (χ0v) is 18.5. The number of hydrogen-bond donors (Lipinski definition) is 2. The van der Waals surface area contributed by atoms with Gasteiger partial charge in [-0.05, 0) is 19.4 Å². The SMILES string of the molecule is CCCC(C)N(C)C(=O)c1c(C=O)cccc1NCCOCCOCCOCCN. The van der Waals surface area contributed by atoms with Gasteiger partial charge in [0.15, 0.2) is 6.29 Å². The van der Waals surface area contributed by atoms with Gasteiger partial charge in [0.1, 0.15) is 0 Å². The van der Waals surface area contributed by atoms with Crippen molar-refractivity contribution in [3.63, 3.8) is 0 Å². The maximum atomic E-state index is 13.0. The van der Waals surface area contributed by atoms with Crippen molar-refractivity contribution in [1.82, 2.24) is 4.90 Å². The smallest absolute Gasteiger partial charge is 0.256 e. The summed E-state index contributed by atoms with van der Waals surface area (Å²) in [5.74, 6) is -0.160. The Bertz CT molecular complexity index is 627. The van der Waals surface area contributed by atoms with Crippen LogP contribution in [0.25, 0.3) is 0 Å². The van der Waals surface area contributed by atoms with Crippen LogP contribution in [0.4, 0.5) is 5.69 Å². The number of nitrogens with zero attached hydrogens (tertiary/aromatic N) is 1. The molecule has 0 heterocycles. The summed E-state index contributed by atoms with van der Waals surface area (Å²) in [5, 5.41) is 3.22. The van der Waals surface area contributed by atoms with Crippen LogP contribution in [0.5, 0.6) is 0 Å². The maximum Gasteiger partial charge on any atom is 0.256 e. The van der Waals surface area contributed by atoms with Crippen LogP contribution < -0.4 is 11.1 Å². The van der Waals surface area contributed by atoms with E-state index >= 15 is 0 Å². The van der Waals surface area contributed by atoms with Gasteiger partial charge in [0, 0.05) is 37.4 Å². The second kappa shape index (κ2) is 15.8. The van der Waals surface area contributed by atoms with E-state index in [0.717, 1.165) is 19.1 Å². The van der Waals surface area contributed by atoms with Crippen LogP contribution in [0, 0.1) is 0 Å². The highest BCUT2D eigenvalue weighted by molar-refractivity contribution is 6.06. The number of nitrogens with one attached hydrogen (secondary N) is 1. The van der Waals surface area contributed by atoms with E-state index in [-0.39, 0.29) is 11.9 Å². The Labute approximate surface area is 180 Å². The number of aldehydes is 1. The molecular weight excluding hydrogens is 386 g/mol. The largest absolute Gasteiger partial charge is 0.382 e. The highest BCUT2D eigenvalue weighted by atomic mass is 16.5. The fourth-order valence-electron chi connectivity index (χ4n) is 2.93. The molecule has 0 aromatic heterocycles. The van der Waals surface area contributed by atoms with Crippen LogP contribution in [-0.4, -0.2) is 82.9 Å². The third kappa shape index (κ3) is 9.21. The Morgan fingerprint density at radius 3 is 2.37 bits per heavy atom. The molecule has 8 heteroatoms. The number of carbonyl (C=O) groups excluding carboxylic acids is 2. The lowest BCUT2D eigenvalue weighted by molar-refractivity contribution is 0.0179. The fraction of sp³-hybridized carbons (Fsp3) is 0.636. The summed E-state index contributed by atoms with van der Waals surface area (Å²) >= 11 is 0. The number of amides is 1. The number of rotatable bonds is 17. The zero-order chi connectivity index (χ0) is 22.2. The number of ether oxygens (including phenoxy) is 3. The van der Waals surface area contributed by atoms with E-state index in [1.807, 2.05) is 13.0 Å². The van der Waals surface area contributed by atoms with Gasteiger partial charge in [-0.15, -0.1) is 0 Å². The van der Waals surface area contributed by atoms with Gasteiger partial charge in [0.2, 0.25) is 0 Å². The normalized spacial score (nSPS) is 11.9. The molecule has 0 radical (unpaired) electrons. The van der Waals surface area contributed by atoms with Crippen LogP contribution >= 0.6 is 0 Å². The first-order valence-corrected chi connectivity index (χ1v) is 10.6. The number of benzene rings is 1. The lowest BCUT2D eigenvalue weighted by atomic mass is 10.0.